The number of hydrogen-bond donors (Lipinski definition) is 0. The number of methoxy groups -OCH3 is 1. The van der Waals surface area contributed by atoms with E-state index in [0.29, 0.717) is 35.4 Å². The van der Waals surface area contributed by atoms with Crippen LogP contribution in [0.4, 0.5) is 0 Å². The van der Waals surface area contributed by atoms with Gasteiger partial charge >= 0.3 is 5.97 Å². The Balaban J connectivity index is 1.42. The van der Waals surface area contributed by atoms with Crippen molar-refractivity contribution in [1.82, 2.24) is 0 Å². The van der Waals surface area contributed by atoms with Crippen LogP contribution in [0.2, 0.25) is 0 Å². The van der Waals surface area contributed by atoms with Crippen LogP contribution in [0.15, 0.2) is 40.5 Å². The summed E-state index contributed by atoms with van der Waals surface area (Å²) in [5.74, 6) is 3.19. The van der Waals surface area contributed by atoms with Crippen molar-refractivity contribution in [2.45, 2.75) is 99.3 Å². The first-order valence-electron chi connectivity index (χ1n) is 15.8. The molecule has 5 aliphatic carbocycles. The van der Waals surface area contributed by atoms with Gasteiger partial charge in [-0.15, -0.1) is 0 Å². The monoisotopic (exact) mass is 546 g/mol. The van der Waals surface area contributed by atoms with Gasteiger partial charge in [0.05, 0.1) is 18.8 Å². The molecule has 1 aromatic rings. The summed E-state index contributed by atoms with van der Waals surface area (Å²) < 4.78 is 11.2. The SMILES string of the molecule is C=C(C)[C@H]1CC[C@@]2(C(=O)OC)CC[C@]3(C)[C@@H](CC[C@H]4[C@@]5(C)CC(=Cc6ccco6)C(=O)C(C)(C)[C@H]5CC[C@]43C)[C@@H]12. The van der Waals surface area contributed by atoms with Gasteiger partial charge in [0, 0.05) is 5.41 Å². The molecule has 0 saturated heterocycles. The molecule has 9 atom stereocenters. The molecule has 1 heterocycles. The summed E-state index contributed by atoms with van der Waals surface area (Å²) in [7, 11) is 1.58. The third-order valence-electron chi connectivity index (χ3n) is 14.1. The summed E-state index contributed by atoms with van der Waals surface area (Å²) in [6.07, 6.45) is 13.1. The van der Waals surface area contributed by atoms with Crippen molar-refractivity contribution in [3.63, 3.8) is 0 Å². The zero-order valence-corrected chi connectivity index (χ0v) is 25.9. The normalized spacial score (nSPS) is 46.6. The van der Waals surface area contributed by atoms with Gasteiger partial charge in [-0.1, -0.05) is 46.8 Å². The van der Waals surface area contributed by atoms with Crippen molar-refractivity contribution in [1.29, 1.82) is 0 Å². The molecule has 4 nitrogen and oxygen atoms in total. The van der Waals surface area contributed by atoms with E-state index in [4.69, 9.17) is 9.15 Å². The molecule has 218 valence electrons. The molecule has 0 aromatic carbocycles. The summed E-state index contributed by atoms with van der Waals surface area (Å²) in [6, 6.07) is 3.85. The Labute approximate surface area is 241 Å². The number of carbonyl (C=O) groups is 2. The van der Waals surface area contributed by atoms with Crippen LogP contribution in [0, 0.1) is 56.7 Å². The van der Waals surface area contributed by atoms with E-state index in [2.05, 4.69) is 48.1 Å². The first-order valence-corrected chi connectivity index (χ1v) is 15.8. The maximum absolute atomic E-state index is 13.9. The number of ketones is 1. The Morgan fingerprint density at radius 3 is 2.40 bits per heavy atom. The molecule has 0 bridgehead atoms. The minimum Gasteiger partial charge on any atom is -0.469 e. The second kappa shape index (κ2) is 8.95. The van der Waals surface area contributed by atoms with Gasteiger partial charge in [-0.3, -0.25) is 9.59 Å². The zero-order chi connectivity index (χ0) is 28.9. The largest absolute Gasteiger partial charge is 0.469 e. The van der Waals surface area contributed by atoms with Crippen LogP contribution in [-0.4, -0.2) is 18.9 Å². The van der Waals surface area contributed by atoms with E-state index in [1.165, 1.54) is 12.0 Å². The Bertz CT molecular complexity index is 1250. The Morgan fingerprint density at radius 1 is 1.00 bits per heavy atom. The molecule has 5 fully saturated rings. The molecule has 0 radical (unpaired) electrons. The van der Waals surface area contributed by atoms with E-state index in [0.717, 1.165) is 62.7 Å². The average Bonchev–Trinajstić information content (AvgIpc) is 3.55. The van der Waals surface area contributed by atoms with Gasteiger partial charge < -0.3 is 9.15 Å². The molecular weight excluding hydrogens is 496 g/mol. The quantitative estimate of drug-likeness (QED) is 0.216. The molecule has 0 spiro atoms. The molecule has 0 unspecified atom stereocenters. The van der Waals surface area contributed by atoms with Gasteiger partial charge in [0.2, 0.25) is 0 Å². The molecule has 1 aromatic heterocycles. The topological polar surface area (TPSA) is 56.5 Å². The molecule has 40 heavy (non-hydrogen) atoms. The highest BCUT2D eigenvalue weighted by atomic mass is 16.5. The maximum atomic E-state index is 13.9. The number of carbonyl (C=O) groups excluding carboxylic acids is 2. The second-order valence-corrected chi connectivity index (χ2v) is 15.7. The lowest BCUT2D eigenvalue weighted by atomic mass is 9.32. The van der Waals surface area contributed by atoms with Crippen molar-refractivity contribution >= 4 is 17.8 Å². The third-order valence-corrected chi connectivity index (χ3v) is 14.1. The van der Waals surface area contributed by atoms with Crippen molar-refractivity contribution in [3.05, 3.63) is 41.9 Å². The number of Topliss-reactive ketones (excluding diaryl/α,β-unsaturated/α-hetero) is 1. The van der Waals surface area contributed by atoms with Crippen molar-refractivity contribution in [2.24, 2.45) is 56.7 Å². The van der Waals surface area contributed by atoms with Crippen molar-refractivity contribution < 1.29 is 18.7 Å². The standard InChI is InChI=1S/C36H50O4/c1-22(2)25-13-16-36(31(38)39-8)18-17-34(6)26(29(25)36)11-12-28-33(5)21-23(20-24-10-9-19-40-24)30(37)32(3,4)27(33)14-15-35(28,34)7/h9-10,19-20,25-29H,1,11-18,21H2,2-8H3/t25-,26+,27-,28+,29-,33+,34-,35-,36-/m1/s1. The minimum atomic E-state index is -0.395. The van der Waals surface area contributed by atoms with Gasteiger partial charge in [-0.25, -0.2) is 0 Å². The first-order chi connectivity index (χ1) is 18.8. The van der Waals surface area contributed by atoms with Crippen LogP contribution in [0.1, 0.15) is 105 Å². The van der Waals surface area contributed by atoms with Gasteiger partial charge in [-0.2, -0.15) is 0 Å². The number of hydrogen-bond acceptors (Lipinski definition) is 4. The molecule has 4 heteroatoms. The molecule has 0 aliphatic heterocycles. The molecule has 0 N–H and O–H groups in total. The van der Waals surface area contributed by atoms with Crippen LogP contribution in [0.5, 0.6) is 0 Å². The van der Waals surface area contributed by atoms with Crippen LogP contribution in [0.3, 0.4) is 0 Å². The summed E-state index contributed by atoms with van der Waals surface area (Å²) in [5.41, 5.74) is 1.75. The van der Waals surface area contributed by atoms with E-state index in [9.17, 15) is 9.59 Å². The highest BCUT2D eigenvalue weighted by Gasteiger charge is 2.72. The van der Waals surface area contributed by atoms with Gasteiger partial charge in [0.1, 0.15) is 5.76 Å². The van der Waals surface area contributed by atoms with Gasteiger partial charge in [-0.05, 0) is 134 Å². The van der Waals surface area contributed by atoms with E-state index < -0.39 is 5.41 Å². The predicted molar refractivity (Wildman–Crippen MR) is 158 cm³/mol. The Kier molecular flexibility index (Phi) is 6.27. The molecule has 6 rings (SSSR count). The number of furan rings is 1. The fraction of sp³-hybridized carbons (Fsp3) is 0.722. The fourth-order valence-corrected chi connectivity index (χ4v) is 12.2. The predicted octanol–water partition coefficient (Wildman–Crippen LogP) is 8.67. The highest BCUT2D eigenvalue weighted by molar-refractivity contribution is 6.04. The summed E-state index contributed by atoms with van der Waals surface area (Å²) in [5, 5.41) is 0. The fourth-order valence-electron chi connectivity index (χ4n) is 12.2. The maximum Gasteiger partial charge on any atom is 0.312 e. The number of fused-ring (bicyclic) bond motifs is 7. The average molecular weight is 547 g/mol. The lowest BCUT2D eigenvalue weighted by Crippen LogP contribution is -2.67. The van der Waals surface area contributed by atoms with E-state index in [-0.39, 0.29) is 27.6 Å². The molecular formula is C36H50O4. The number of rotatable bonds is 3. The number of allylic oxidation sites excluding steroid dienone is 2. The zero-order valence-electron chi connectivity index (χ0n) is 25.9. The summed E-state index contributed by atoms with van der Waals surface area (Å²) in [6.45, 7) is 18.7. The number of esters is 1. The van der Waals surface area contributed by atoms with Gasteiger partial charge in [0.15, 0.2) is 5.78 Å². The first kappa shape index (κ1) is 28.0. The van der Waals surface area contributed by atoms with Crippen molar-refractivity contribution in [3.8, 4) is 0 Å². The molecule has 5 saturated carbocycles. The van der Waals surface area contributed by atoms with E-state index >= 15 is 0 Å². The van der Waals surface area contributed by atoms with Crippen LogP contribution < -0.4 is 0 Å². The van der Waals surface area contributed by atoms with E-state index in [1.807, 2.05) is 18.2 Å². The summed E-state index contributed by atoms with van der Waals surface area (Å²) >= 11 is 0. The number of ether oxygens (including phenoxy) is 1. The lowest BCUT2D eigenvalue weighted by molar-refractivity contribution is -0.232. The van der Waals surface area contributed by atoms with Crippen LogP contribution in [0.25, 0.3) is 6.08 Å². The highest BCUT2D eigenvalue weighted by Crippen LogP contribution is 2.77. The van der Waals surface area contributed by atoms with Crippen LogP contribution >= 0.6 is 0 Å². The smallest absolute Gasteiger partial charge is 0.312 e. The third kappa shape index (κ3) is 3.43. The molecule has 0 amide bonds. The second-order valence-electron chi connectivity index (χ2n) is 15.7. The van der Waals surface area contributed by atoms with Crippen LogP contribution in [-0.2, 0) is 14.3 Å². The van der Waals surface area contributed by atoms with E-state index in [1.54, 1.807) is 13.4 Å². The Hall–Kier alpha value is -2.10. The minimum absolute atomic E-state index is 0.0199. The lowest BCUT2D eigenvalue weighted by Gasteiger charge is -2.72. The summed E-state index contributed by atoms with van der Waals surface area (Å²) in [4.78, 5) is 27.4. The molecule has 5 aliphatic rings. The Morgan fingerprint density at radius 2 is 1.75 bits per heavy atom. The van der Waals surface area contributed by atoms with Crippen molar-refractivity contribution in [2.75, 3.05) is 7.11 Å². The van der Waals surface area contributed by atoms with Gasteiger partial charge in [0.25, 0.3) is 0 Å².